The molecule has 4 rings (SSSR count). The van der Waals surface area contributed by atoms with E-state index in [1.807, 2.05) is 0 Å². The van der Waals surface area contributed by atoms with Crippen LogP contribution in [0.2, 0.25) is 0 Å². The third-order valence-corrected chi connectivity index (χ3v) is 5.08. The minimum atomic E-state index is -4.29. The first kappa shape index (κ1) is 17.5. The molecule has 0 amide bonds. The Labute approximate surface area is 150 Å². The van der Waals surface area contributed by atoms with Gasteiger partial charge in [0, 0.05) is 25.7 Å². The van der Waals surface area contributed by atoms with Gasteiger partial charge in [-0.1, -0.05) is 36.4 Å². The molecule has 3 atom stereocenters. The zero-order valence-corrected chi connectivity index (χ0v) is 14.2. The lowest BCUT2D eigenvalue weighted by Gasteiger charge is -2.23. The Balaban J connectivity index is 1.28. The number of ether oxygens (including phenoxy) is 1. The summed E-state index contributed by atoms with van der Waals surface area (Å²) in [6.45, 7) is 2.14. The summed E-state index contributed by atoms with van der Waals surface area (Å²) in [5.74, 6) is 0. The summed E-state index contributed by atoms with van der Waals surface area (Å²) in [6, 6.07) is 14.0. The van der Waals surface area contributed by atoms with E-state index in [1.165, 1.54) is 17.7 Å². The zero-order valence-electron chi connectivity index (χ0n) is 14.2. The maximum absolute atomic E-state index is 12.6. The molecule has 6 heteroatoms. The molecule has 2 saturated heterocycles. The van der Waals surface area contributed by atoms with E-state index in [2.05, 4.69) is 34.9 Å². The molecule has 3 nitrogen and oxygen atoms in total. The first-order valence-electron chi connectivity index (χ1n) is 8.83. The van der Waals surface area contributed by atoms with Crippen molar-refractivity contribution in [2.24, 2.45) is 0 Å². The SMILES string of the molecule is FC(F)(F)c1ccc(CNCc2ccc([C@H]3O[C@@H]4CN[C@H]3C4)cc2)cc1. The predicted molar refractivity (Wildman–Crippen MR) is 92.5 cm³/mol. The van der Waals surface area contributed by atoms with Gasteiger partial charge in [-0.25, -0.2) is 0 Å². The summed E-state index contributed by atoms with van der Waals surface area (Å²) in [5.41, 5.74) is 2.54. The normalized spacial score (nSPS) is 25.0. The Morgan fingerprint density at radius 1 is 0.962 bits per heavy atom. The number of hydrogen-bond donors (Lipinski definition) is 2. The molecule has 0 radical (unpaired) electrons. The van der Waals surface area contributed by atoms with Gasteiger partial charge in [0.25, 0.3) is 0 Å². The smallest absolute Gasteiger partial charge is 0.367 e. The van der Waals surface area contributed by atoms with Crippen molar-refractivity contribution in [3.8, 4) is 0 Å². The Kier molecular flexibility index (Phi) is 4.73. The van der Waals surface area contributed by atoms with E-state index >= 15 is 0 Å². The fourth-order valence-electron chi connectivity index (χ4n) is 3.67. The van der Waals surface area contributed by atoms with Gasteiger partial charge in [0.2, 0.25) is 0 Å². The van der Waals surface area contributed by atoms with Gasteiger partial charge in [0.1, 0.15) is 0 Å². The fourth-order valence-corrected chi connectivity index (χ4v) is 3.67. The molecule has 2 aromatic carbocycles. The Bertz CT molecular complexity index is 743. The molecule has 0 aromatic heterocycles. The number of halogens is 3. The molecule has 2 aromatic rings. The molecule has 0 spiro atoms. The van der Waals surface area contributed by atoms with Crippen LogP contribution in [0.5, 0.6) is 0 Å². The summed E-state index contributed by atoms with van der Waals surface area (Å²) in [5, 5.41) is 6.74. The van der Waals surface area contributed by atoms with E-state index in [4.69, 9.17) is 4.74 Å². The number of fused-ring (bicyclic) bond motifs is 2. The van der Waals surface area contributed by atoms with Gasteiger partial charge in [-0.2, -0.15) is 13.2 Å². The first-order chi connectivity index (χ1) is 12.5. The number of benzene rings is 2. The topological polar surface area (TPSA) is 33.3 Å². The second-order valence-electron chi connectivity index (χ2n) is 6.97. The van der Waals surface area contributed by atoms with Crippen LogP contribution >= 0.6 is 0 Å². The summed E-state index contributed by atoms with van der Waals surface area (Å²) in [7, 11) is 0. The quantitative estimate of drug-likeness (QED) is 0.849. The summed E-state index contributed by atoms with van der Waals surface area (Å²) in [6.07, 6.45) is -2.72. The van der Waals surface area contributed by atoms with E-state index in [0.717, 1.165) is 36.2 Å². The zero-order chi connectivity index (χ0) is 18.1. The molecular formula is C20H21F3N2O. The number of alkyl halides is 3. The van der Waals surface area contributed by atoms with Crippen LogP contribution in [-0.2, 0) is 24.0 Å². The minimum Gasteiger partial charge on any atom is -0.367 e. The number of nitrogens with one attached hydrogen (secondary N) is 2. The van der Waals surface area contributed by atoms with Gasteiger partial charge < -0.3 is 15.4 Å². The first-order valence-corrected chi connectivity index (χ1v) is 8.83. The molecule has 26 heavy (non-hydrogen) atoms. The van der Waals surface area contributed by atoms with Crippen molar-refractivity contribution in [3.05, 3.63) is 70.8 Å². The Morgan fingerprint density at radius 3 is 2.08 bits per heavy atom. The highest BCUT2D eigenvalue weighted by Crippen LogP contribution is 2.36. The van der Waals surface area contributed by atoms with Gasteiger partial charge >= 0.3 is 6.18 Å². The molecule has 0 aliphatic carbocycles. The second-order valence-corrected chi connectivity index (χ2v) is 6.97. The molecule has 0 unspecified atom stereocenters. The van der Waals surface area contributed by atoms with Gasteiger partial charge in [0.05, 0.1) is 17.8 Å². The molecule has 2 aliphatic rings. The van der Waals surface area contributed by atoms with Crippen LogP contribution in [0.1, 0.15) is 34.8 Å². The Hall–Kier alpha value is -1.89. The van der Waals surface area contributed by atoms with E-state index < -0.39 is 11.7 Å². The van der Waals surface area contributed by atoms with Crippen molar-refractivity contribution in [1.29, 1.82) is 0 Å². The maximum Gasteiger partial charge on any atom is 0.416 e. The molecular weight excluding hydrogens is 341 g/mol. The third kappa shape index (κ3) is 3.77. The molecule has 2 N–H and O–H groups in total. The lowest BCUT2D eigenvalue weighted by atomic mass is 10.0. The average Bonchev–Trinajstić information content (AvgIpc) is 3.25. The van der Waals surface area contributed by atoms with Crippen LogP contribution in [0.15, 0.2) is 48.5 Å². The van der Waals surface area contributed by atoms with Crippen LogP contribution in [0.25, 0.3) is 0 Å². The van der Waals surface area contributed by atoms with Crippen molar-refractivity contribution < 1.29 is 17.9 Å². The summed E-state index contributed by atoms with van der Waals surface area (Å²) < 4.78 is 43.7. The lowest BCUT2D eigenvalue weighted by molar-refractivity contribution is -0.137. The van der Waals surface area contributed by atoms with Crippen molar-refractivity contribution in [2.75, 3.05) is 6.54 Å². The van der Waals surface area contributed by atoms with Gasteiger partial charge in [-0.15, -0.1) is 0 Å². The van der Waals surface area contributed by atoms with Crippen molar-refractivity contribution in [3.63, 3.8) is 0 Å². The third-order valence-electron chi connectivity index (χ3n) is 5.08. The van der Waals surface area contributed by atoms with Crippen molar-refractivity contribution in [2.45, 2.75) is 43.9 Å². The van der Waals surface area contributed by atoms with Crippen LogP contribution in [0, 0.1) is 0 Å². The highest BCUT2D eigenvalue weighted by atomic mass is 19.4. The van der Waals surface area contributed by atoms with Crippen LogP contribution in [0.3, 0.4) is 0 Å². The highest BCUT2D eigenvalue weighted by Gasteiger charge is 2.41. The fraction of sp³-hybridized carbons (Fsp3) is 0.400. The van der Waals surface area contributed by atoms with Gasteiger partial charge in [0.15, 0.2) is 0 Å². The predicted octanol–water partition coefficient (Wildman–Crippen LogP) is 3.80. The van der Waals surface area contributed by atoms with Crippen molar-refractivity contribution >= 4 is 0 Å². The van der Waals surface area contributed by atoms with Crippen LogP contribution < -0.4 is 10.6 Å². The molecule has 0 saturated carbocycles. The van der Waals surface area contributed by atoms with E-state index in [1.54, 1.807) is 0 Å². The van der Waals surface area contributed by atoms with Gasteiger partial charge in [-0.05, 0) is 35.2 Å². The molecule has 138 valence electrons. The number of hydrogen-bond acceptors (Lipinski definition) is 3. The number of morpholine rings is 1. The number of rotatable bonds is 5. The minimum absolute atomic E-state index is 0.142. The van der Waals surface area contributed by atoms with Crippen LogP contribution in [-0.4, -0.2) is 18.7 Å². The van der Waals surface area contributed by atoms with Crippen molar-refractivity contribution in [1.82, 2.24) is 10.6 Å². The van der Waals surface area contributed by atoms with Gasteiger partial charge in [-0.3, -0.25) is 0 Å². The average molecular weight is 362 g/mol. The molecule has 2 heterocycles. The summed E-state index contributed by atoms with van der Waals surface area (Å²) >= 11 is 0. The monoisotopic (exact) mass is 362 g/mol. The van der Waals surface area contributed by atoms with E-state index in [-0.39, 0.29) is 6.10 Å². The largest absolute Gasteiger partial charge is 0.416 e. The lowest BCUT2D eigenvalue weighted by Crippen LogP contribution is -2.33. The second kappa shape index (κ2) is 7.02. The molecule has 2 aliphatic heterocycles. The van der Waals surface area contributed by atoms with Crippen LogP contribution in [0.4, 0.5) is 13.2 Å². The molecule has 2 bridgehead atoms. The maximum atomic E-state index is 12.6. The summed E-state index contributed by atoms with van der Waals surface area (Å²) in [4.78, 5) is 0. The Morgan fingerprint density at radius 2 is 1.58 bits per heavy atom. The highest BCUT2D eigenvalue weighted by molar-refractivity contribution is 5.27. The van der Waals surface area contributed by atoms with E-state index in [9.17, 15) is 13.2 Å². The molecule has 2 fully saturated rings. The standard InChI is InChI=1S/C20H21F3N2O/c21-20(22,23)16-7-3-14(4-8-16)11-24-10-13-1-5-15(6-2-13)19-18-9-17(26-19)12-25-18/h1-8,17-19,24-25H,9-12H2/t17-,18-,19+/m0/s1. The van der Waals surface area contributed by atoms with E-state index in [0.29, 0.717) is 25.2 Å².